The largest absolute Gasteiger partial charge is 0.416 e. The number of nitro benzene ring substituents is 1. The molecule has 0 heterocycles. The van der Waals surface area contributed by atoms with Crippen LogP contribution < -0.4 is 5.32 Å². The Morgan fingerprint density at radius 3 is 2.43 bits per heavy atom. The molecule has 0 aliphatic heterocycles. The zero-order valence-corrected chi connectivity index (χ0v) is 15.0. The Hall–Kier alpha value is -2.69. The molecule has 2 aromatic rings. The van der Waals surface area contributed by atoms with Crippen LogP contribution in [0.4, 0.5) is 27.6 Å². The van der Waals surface area contributed by atoms with Gasteiger partial charge in [0.15, 0.2) is 11.6 Å². The minimum absolute atomic E-state index is 0.103. The molecule has 28 heavy (non-hydrogen) atoms. The summed E-state index contributed by atoms with van der Waals surface area (Å²) in [5, 5.41) is 13.5. The lowest BCUT2D eigenvalue weighted by Gasteiger charge is -2.14. The molecule has 0 aliphatic carbocycles. The lowest BCUT2D eigenvalue weighted by atomic mass is 10.1. The van der Waals surface area contributed by atoms with E-state index in [-0.39, 0.29) is 10.6 Å². The molecule has 5 nitrogen and oxygen atoms in total. The fourth-order valence-corrected chi connectivity index (χ4v) is 3.07. The molecule has 1 unspecified atom stereocenters. The van der Waals surface area contributed by atoms with E-state index in [2.05, 4.69) is 5.32 Å². The first-order chi connectivity index (χ1) is 13.0. The Kier molecular flexibility index (Phi) is 6.60. The number of carbonyl (C=O) groups is 1. The van der Waals surface area contributed by atoms with Gasteiger partial charge in [-0.1, -0.05) is 6.07 Å². The average molecular weight is 420 g/mol. The van der Waals surface area contributed by atoms with Gasteiger partial charge in [-0.15, -0.1) is 11.8 Å². The van der Waals surface area contributed by atoms with Crippen molar-refractivity contribution in [1.82, 2.24) is 5.32 Å². The monoisotopic (exact) mass is 420 g/mol. The maximum Gasteiger partial charge on any atom is 0.416 e. The predicted molar refractivity (Wildman–Crippen MR) is 91.7 cm³/mol. The van der Waals surface area contributed by atoms with Crippen molar-refractivity contribution in [2.75, 3.05) is 5.75 Å². The third kappa shape index (κ3) is 5.41. The van der Waals surface area contributed by atoms with E-state index in [1.54, 1.807) is 0 Å². The Morgan fingerprint density at radius 1 is 1.18 bits per heavy atom. The second-order valence-electron chi connectivity index (χ2n) is 5.69. The molecule has 0 spiro atoms. The first kappa shape index (κ1) is 21.6. The van der Waals surface area contributed by atoms with E-state index in [1.807, 2.05) is 0 Å². The van der Waals surface area contributed by atoms with Crippen LogP contribution in [0.15, 0.2) is 41.3 Å². The number of amides is 1. The van der Waals surface area contributed by atoms with E-state index in [0.29, 0.717) is 29.5 Å². The minimum Gasteiger partial charge on any atom is -0.349 e. The summed E-state index contributed by atoms with van der Waals surface area (Å²) < 4.78 is 64.3. The van der Waals surface area contributed by atoms with Gasteiger partial charge in [0.2, 0.25) is 5.91 Å². The molecule has 1 N–H and O–H groups in total. The number of thioether (sulfide) groups is 1. The van der Waals surface area contributed by atoms with Crippen molar-refractivity contribution in [2.24, 2.45) is 0 Å². The van der Waals surface area contributed by atoms with Crippen LogP contribution in [0, 0.1) is 21.7 Å². The van der Waals surface area contributed by atoms with Gasteiger partial charge in [0, 0.05) is 6.07 Å². The van der Waals surface area contributed by atoms with Crippen LogP contribution in [0.1, 0.15) is 24.1 Å². The zero-order chi connectivity index (χ0) is 21.1. The fraction of sp³-hybridized carbons (Fsp3) is 0.235. The zero-order valence-electron chi connectivity index (χ0n) is 14.2. The number of nitro groups is 1. The van der Waals surface area contributed by atoms with E-state index in [1.165, 1.54) is 13.0 Å². The Bertz CT molecular complexity index is 905. The van der Waals surface area contributed by atoms with Gasteiger partial charge >= 0.3 is 6.18 Å². The van der Waals surface area contributed by atoms with E-state index >= 15 is 0 Å². The summed E-state index contributed by atoms with van der Waals surface area (Å²) in [6.45, 7) is 1.52. The number of halogens is 5. The normalized spacial score (nSPS) is 12.5. The molecule has 11 heteroatoms. The van der Waals surface area contributed by atoms with Crippen molar-refractivity contribution in [2.45, 2.75) is 24.0 Å². The molecule has 150 valence electrons. The molecule has 0 radical (unpaired) electrons. The van der Waals surface area contributed by atoms with Crippen LogP contribution in [0.2, 0.25) is 0 Å². The maximum absolute atomic E-state index is 13.2. The quantitative estimate of drug-likeness (QED) is 0.314. The van der Waals surface area contributed by atoms with E-state index < -0.39 is 45.9 Å². The SMILES string of the molecule is CC(NC(=O)CSc1ccc(C(F)(F)F)cc1[N+](=O)[O-])c1ccc(F)c(F)c1. The van der Waals surface area contributed by atoms with Crippen LogP contribution >= 0.6 is 11.8 Å². The highest BCUT2D eigenvalue weighted by Gasteiger charge is 2.33. The van der Waals surface area contributed by atoms with Gasteiger partial charge in [0.05, 0.1) is 27.2 Å². The molecule has 0 aliphatic rings. The van der Waals surface area contributed by atoms with Crippen LogP contribution in [-0.4, -0.2) is 16.6 Å². The number of hydrogen-bond acceptors (Lipinski definition) is 4. The summed E-state index contributed by atoms with van der Waals surface area (Å²) >= 11 is 0.690. The lowest BCUT2D eigenvalue weighted by molar-refractivity contribution is -0.388. The summed E-state index contributed by atoms with van der Waals surface area (Å²) in [7, 11) is 0. The fourth-order valence-electron chi connectivity index (χ4n) is 2.25. The van der Waals surface area contributed by atoms with Crippen LogP contribution in [0.25, 0.3) is 0 Å². The molecule has 0 saturated heterocycles. The molecule has 1 amide bonds. The van der Waals surface area contributed by atoms with Crippen molar-refractivity contribution in [3.05, 3.63) is 69.3 Å². The number of carbonyl (C=O) groups excluding carboxylic acids is 1. The second kappa shape index (κ2) is 8.55. The van der Waals surface area contributed by atoms with Crippen molar-refractivity contribution in [1.29, 1.82) is 0 Å². The molecular formula is C17H13F5N2O3S. The minimum atomic E-state index is -4.73. The standard InChI is InChI=1S/C17H13F5N2O3S/c1-9(10-2-4-12(18)13(19)6-10)23-16(25)8-28-15-5-3-11(17(20,21)22)7-14(15)24(26)27/h2-7,9H,8H2,1H3,(H,23,25). The number of hydrogen-bond donors (Lipinski definition) is 1. The van der Waals surface area contributed by atoms with Crippen LogP contribution in [0.3, 0.4) is 0 Å². The van der Waals surface area contributed by atoms with Gasteiger partial charge in [0.25, 0.3) is 5.69 Å². The van der Waals surface area contributed by atoms with Crippen molar-refractivity contribution >= 4 is 23.4 Å². The summed E-state index contributed by atoms with van der Waals surface area (Å²) in [5.41, 5.74) is -1.63. The molecule has 0 fully saturated rings. The smallest absolute Gasteiger partial charge is 0.349 e. The van der Waals surface area contributed by atoms with Crippen molar-refractivity contribution in [3.63, 3.8) is 0 Å². The van der Waals surface area contributed by atoms with Crippen LogP contribution in [-0.2, 0) is 11.0 Å². The van der Waals surface area contributed by atoms with Crippen molar-refractivity contribution < 1.29 is 31.7 Å². The molecule has 2 rings (SSSR count). The van der Waals surface area contributed by atoms with Gasteiger partial charge in [-0.25, -0.2) is 8.78 Å². The first-order valence-corrected chi connectivity index (χ1v) is 8.70. The van der Waals surface area contributed by atoms with E-state index in [9.17, 15) is 36.9 Å². The highest BCUT2D eigenvalue weighted by atomic mass is 32.2. The molecular weight excluding hydrogens is 407 g/mol. The maximum atomic E-state index is 13.2. The summed E-state index contributed by atoms with van der Waals surface area (Å²) in [6, 6.07) is 4.48. The third-order valence-electron chi connectivity index (χ3n) is 3.66. The van der Waals surface area contributed by atoms with Gasteiger partial charge in [-0.05, 0) is 36.8 Å². The molecule has 0 bridgehead atoms. The van der Waals surface area contributed by atoms with Crippen LogP contribution in [0.5, 0.6) is 0 Å². The highest BCUT2D eigenvalue weighted by molar-refractivity contribution is 8.00. The Balaban J connectivity index is 2.05. The molecule has 0 aromatic heterocycles. The van der Waals surface area contributed by atoms with E-state index in [0.717, 1.165) is 18.2 Å². The Morgan fingerprint density at radius 2 is 1.86 bits per heavy atom. The summed E-state index contributed by atoms with van der Waals surface area (Å²) in [6.07, 6.45) is -4.73. The van der Waals surface area contributed by atoms with Gasteiger partial charge in [-0.2, -0.15) is 13.2 Å². The average Bonchev–Trinajstić information content (AvgIpc) is 2.61. The third-order valence-corrected chi connectivity index (χ3v) is 4.73. The van der Waals surface area contributed by atoms with Crippen molar-refractivity contribution in [3.8, 4) is 0 Å². The predicted octanol–water partition coefficient (Wildman–Crippen LogP) is 4.86. The number of nitrogens with zero attached hydrogens (tertiary/aromatic N) is 1. The molecule has 0 saturated carbocycles. The molecule has 2 aromatic carbocycles. The highest BCUT2D eigenvalue weighted by Crippen LogP contribution is 2.36. The van der Waals surface area contributed by atoms with Gasteiger partial charge in [0.1, 0.15) is 0 Å². The van der Waals surface area contributed by atoms with E-state index in [4.69, 9.17) is 0 Å². The number of nitrogens with one attached hydrogen (secondary N) is 1. The summed E-state index contributed by atoms with van der Waals surface area (Å²) in [4.78, 5) is 22.0. The van der Waals surface area contributed by atoms with Gasteiger partial charge in [-0.3, -0.25) is 14.9 Å². The number of rotatable bonds is 6. The lowest BCUT2D eigenvalue weighted by Crippen LogP contribution is -2.28. The molecule has 1 atom stereocenters. The number of benzene rings is 2. The summed E-state index contributed by atoms with van der Waals surface area (Å²) in [5.74, 6) is -3.02. The number of alkyl halides is 3. The second-order valence-corrected chi connectivity index (χ2v) is 6.71. The first-order valence-electron chi connectivity index (χ1n) is 7.71. The van der Waals surface area contributed by atoms with Gasteiger partial charge < -0.3 is 5.32 Å². The Labute approximate surface area is 160 Å². The topological polar surface area (TPSA) is 72.2 Å².